The van der Waals surface area contributed by atoms with Crippen molar-refractivity contribution in [3.05, 3.63) is 23.8 Å². The molecule has 1 N–H and O–H groups in total. The Bertz CT molecular complexity index is 377. The zero-order chi connectivity index (χ0) is 13.2. The smallest absolute Gasteiger partial charge is 0.169 e. The summed E-state index contributed by atoms with van der Waals surface area (Å²) in [6.07, 6.45) is 6.00. The summed E-state index contributed by atoms with van der Waals surface area (Å²) in [6.45, 7) is 2.86. The maximum absolute atomic E-state index is 8.58. The average Bonchev–Trinajstić information content (AvgIpc) is 2.39. The van der Waals surface area contributed by atoms with E-state index in [1.807, 2.05) is 18.2 Å². The fourth-order valence-electron chi connectivity index (χ4n) is 1.74. The van der Waals surface area contributed by atoms with E-state index >= 15 is 0 Å². The van der Waals surface area contributed by atoms with E-state index in [1.54, 1.807) is 7.11 Å². The van der Waals surface area contributed by atoms with Crippen LogP contribution in [0, 0.1) is 0 Å². The van der Waals surface area contributed by atoms with Crippen molar-refractivity contribution >= 4 is 6.21 Å². The molecule has 0 fully saturated rings. The van der Waals surface area contributed by atoms with Crippen LogP contribution in [0.5, 0.6) is 11.5 Å². The van der Waals surface area contributed by atoms with Gasteiger partial charge in [0.2, 0.25) is 0 Å². The first kappa shape index (κ1) is 14.4. The number of oxime groups is 1. The molecular weight excluding hydrogens is 230 g/mol. The molecule has 100 valence electrons. The number of para-hydroxylation sites is 1. The number of nitrogens with zero attached hydrogens (tertiary/aromatic N) is 1. The molecule has 0 atom stereocenters. The van der Waals surface area contributed by atoms with E-state index in [0.717, 1.165) is 6.42 Å². The third-order valence-corrected chi connectivity index (χ3v) is 2.67. The third-order valence-electron chi connectivity index (χ3n) is 2.67. The molecule has 0 saturated carbocycles. The number of benzene rings is 1. The van der Waals surface area contributed by atoms with Crippen molar-refractivity contribution in [1.29, 1.82) is 0 Å². The summed E-state index contributed by atoms with van der Waals surface area (Å²) in [6, 6.07) is 5.51. The summed E-state index contributed by atoms with van der Waals surface area (Å²) in [4.78, 5) is 0. The molecule has 0 bridgehead atoms. The Morgan fingerprint density at radius 1 is 1.28 bits per heavy atom. The number of rotatable bonds is 8. The SMILES string of the molecule is CCCCCCOc1cccc(/C=N/O)c1OC. The maximum Gasteiger partial charge on any atom is 0.169 e. The summed E-state index contributed by atoms with van der Waals surface area (Å²) in [5.41, 5.74) is 0.700. The number of hydrogen-bond acceptors (Lipinski definition) is 4. The number of hydrogen-bond donors (Lipinski definition) is 1. The van der Waals surface area contributed by atoms with E-state index < -0.39 is 0 Å². The molecule has 0 radical (unpaired) electrons. The molecule has 1 rings (SSSR count). The summed E-state index contributed by atoms with van der Waals surface area (Å²) >= 11 is 0. The molecule has 0 aliphatic rings. The molecule has 0 aliphatic heterocycles. The van der Waals surface area contributed by atoms with Crippen LogP contribution in [0.2, 0.25) is 0 Å². The minimum Gasteiger partial charge on any atom is -0.492 e. The highest BCUT2D eigenvalue weighted by atomic mass is 16.5. The van der Waals surface area contributed by atoms with Crippen LogP contribution in [0.4, 0.5) is 0 Å². The van der Waals surface area contributed by atoms with Crippen molar-refractivity contribution in [2.24, 2.45) is 5.16 Å². The van der Waals surface area contributed by atoms with Gasteiger partial charge in [-0.25, -0.2) is 0 Å². The van der Waals surface area contributed by atoms with Crippen molar-refractivity contribution in [2.45, 2.75) is 32.6 Å². The quantitative estimate of drug-likeness (QED) is 0.333. The topological polar surface area (TPSA) is 51.0 Å². The lowest BCUT2D eigenvalue weighted by Gasteiger charge is -2.12. The average molecular weight is 251 g/mol. The summed E-state index contributed by atoms with van der Waals surface area (Å²) in [7, 11) is 1.58. The van der Waals surface area contributed by atoms with Crippen molar-refractivity contribution in [3.8, 4) is 11.5 Å². The van der Waals surface area contributed by atoms with Gasteiger partial charge in [-0.2, -0.15) is 0 Å². The van der Waals surface area contributed by atoms with Crippen LogP contribution in [-0.4, -0.2) is 25.1 Å². The molecule has 0 spiro atoms. The molecule has 0 heterocycles. The van der Waals surface area contributed by atoms with Gasteiger partial charge in [-0.15, -0.1) is 0 Å². The van der Waals surface area contributed by atoms with Gasteiger partial charge in [0.25, 0.3) is 0 Å². The number of ether oxygens (including phenoxy) is 2. The van der Waals surface area contributed by atoms with E-state index in [4.69, 9.17) is 14.7 Å². The highest BCUT2D eigenvalue weighted by Crippen LogP contribution is 2.30. The fraction of sp³-hybridized carbons (Fsp3) is 0.500. The van der Waals surface area contributed by atoms with Crippen LogP contribution >= 0.6 is 0 Å². The molecule has 1 aromatic rings. The first-order valence-electron chi connectivity index (χ1n) is 6.30. The normalized spacial score (nSPS) is 10.8. The van der Waals surface area contributed by atoms with Crippen LogP contribution in [0.3, 0.4) is 0 Å². The van der Waals surface area contributed by atoms with E-state index in [9.17, 15) is 0 Å². The van der Waals surface area contributed by atoms with Crippen LogP contribution in [0.15, 0.2) is 23.4 Å². The minimum atomic E-state index is 0.603. The Morgan fingerprint density at radius 3 is 2.78 bits per heavy atom. The lowest BCUT2D eigenvalue weighted by Crippen LogP contribution is -2.01. The van der Waals surface area contributed by atoms with Crippen LogP contribution in [0.1, 0.15) is 38.2 Å². The first-order valence-corrected chi connectivity index (χ1v) is 6.30. The standard InChI is InChI=1S/C14H21NO3/c1-3-4-5-6-10-18-13-9-7-8-12(11-15-16)14(13)17-2/h7-9,11,16H,3-6,10H2,1-2H3/b15-11+. The number of methoxy groups -OCH3 is 1. The van der Waals surface area contributed by atoms with E-state index in [0.29, 0.717) is 23.7 Å². The van der Waals surface area contributed by atoms with Gasteiger partial charge in [-0.1, -0.05) is 37.4 Å². The van der Waals surface area contributed by atoms with Crippen molar-refractivity contribution in [3.63, 3.8) is 0 Å². The lowest BCUT2D eigenvalue weighted by molar-refractivity contribution is 0.285. The maximum atomic E-state index is 8.58. The highest BCUT2D eigenvalue weighted by Gasteiger charge is 2.08. The molecule has 4 nitrogen and oxygen atoms in total. The minimum absolute atomic E-state index is 0.603. The second kappa shape index (κ2) is 8.39. The second-order valence-electron chi connectivity index (χ2n) is 4.03. The Morgan fingerprint density at radius 2 is 2.11 bits per heavy atom. The van der Waals surface area contributed by atoms with Gasteiger partial charge >= 0.3 is 0 Å². The Kier molecular flexibility index (Phi) is 6.69. The first-order chi connectivity index (χ1) is 8.83. The van der Waals surface area contributed by atoms with Crippen molar-refractivity contribution in [1.82, 2.24) is 0 Å². The molecule has 0 aromatic heterocycles. The van der Waals surface area contributed by atoms with Gasteiger partial charge in [-0.3, -0.25) is 0 Å². The Balaban J connectivity index is 2.61. The third kappa shape index (κ3) is 4.28. The zero-order valence-corrected chi connectivity index (χ0v) is 11.1. The van der Waals surface area contributed by atoms with Crippen LogP contribution < -0.4 is 9.47 Å². The Hall–Kier alpha value is -1.71. The summed E-state index contributed by atoms with van der Waals surface area (Å²) in [5.74, 6) is 1.29. The van der Waals surface area contributed by atoms with E-state index in [1.165, 1.54) is 25.5 Å². The summed E-state index contributed by atoms with van der Waals surface area (Å²) < 4.78 is 11.0. The lowest BCUT2D eigenvalue weighted by atomic mass is 10.2. The van der Waals surface area contributed by atoms with Gasteiger partial charge in [0.15, 0.2) is 11.5 Å². The number of unbranched alkanes of at least 4 members (excludes halogenated alkanes) is 3. The van der Waals surface area contributed by atoms with Crippen molar-refractivity contribution in [2.75, 3.05) is 13.7 Å². The largest absolute Gasteiger partial charge is 0.492 e. The molecule has 4 heteroatoms. The van der Waals surface area contributed by atoms with Gasteiger partial charge in [0.1, 0.15) is 0 Å². The molecular formula is C14H21NO3. The molecule has 0 aliphatic carbocycles. The highest BCUT2D eigenvalue weighted by molar-refractivity contribution is 5.84. The monoisotopic (exact) mass is 251 g/mol. The van der Waals surface area contributed by atoms with Gasteiger partial charge < -0.3 is 14.7 Å². The van der Waals surface area contributed by atoms with Gasteiger partial charge in [0.05, 0.1) is 19.9 Å². The van der Waals surface area contributed by atoms with Crippen LogP contribution in [0.25, 0.3) is 0 Å². The zero-order valence-electron chi connectivity index (χ0n) is 11.1. The second-order valence-corrected chi connectivity index (χ2v) is 4.03. The van der Waals surface area contributed by atoms with E-state index in [-0.39, 0.29) is 0 Å². The predicted octanol–water partition coefficient (Wildman–Crippen LogP) is 3.46. The predicted molar refractivity (Wildman–Crippen MR) is 72.0 cm³/mol. The molecule has 0 amide bonds. The summed E-state index contributed by atoms with van der Waals surface area (Å²) in [5, 5.41) is 11.6. The van der Waals surface area contributed by atoms with E-state index in [2.05, 4.69) is 12.1 Å². The van der Waals surface area contributed by atoms with Crippen LogP contribution in [-0.2, 0) is 0 Å². The van der Waals surface area contributed by atoms with Crippen molar-refractivity contribution < 1.29 is 14.7 Å². The van der Waals surface area contributed by atoms with Gasteiger partial charge in [-0.05, 0) is 18.6 Å². The molecule has 1 aromatic carbocycles. The molecule has 18 heavy (non-hydrogen) atoms. The molecule has 0 unspecified atom stereocenters. The Labute approximate surface area is 108 Å². The fourth-order valence-corrected chi connectivity index (χ4v) is 1.74. The molecule has 0 saturated heterocycles. The van der Waals surface area contributed by atoms with Gasteiger partial charge in [0, 0.05) is 5.56 Å².